The van der Waals surface area contributed by atoms with Crippen molar-refractivity contribution in [3.8, 4) is 0 Å². The second-order valence-electron chi connectivity index (χ2n) is 4.45. The van der Waals surface area contributed by atoms with Crippen LogP contribution >= 0.6 is 0 Å². The van der Waals surface area contributed by atoms with Crippen LogP contribution in [0.25, 0.3) is 0 Å². The molecule has 0 spiro atoms. The predicted octanol–water partition coefficient (Wildman–Crippen LogP) is 1.96. The van der Waals surface area contributed by atoms with Gasteiger partial charge in [-0.1, -0.05) is 13.8 Å². The third kappa shape index (κ3) is 3.61. The number of nitrogens with one attached hydrogen (secondary N) is 1. The van der Waals surface area contributed by atoms with Crippen LogP contribution in [-0.2, 0) is 10.0 Å². The Bertz CT molecular complexity index is 552. The third-order valence-electron chi connectivity index (χ3n) is 2.31. The maximum absolute atomic E-state index is 13.5. The fourth-order valence-electron chi connectivity index (χ4n) is 1.28. The zero-order chi connectivity index (χ0) is 13.9. The second-order valence-corrected chi connectivity index (χ2v) is 6.18. The number of hydrogen-bond acceptors (Lipinski definition) is 3. The molecular formula is C12H16FNO3S. The van der Waals surface area contributed by atoms with Gasteiger partial charge in [0.25, 0.3) is 0 Å². The van der Waals surface area contributed by atoms with Crippen molar-refractivity contribution in [2.24, 2.45) is 5.92 Å². The highest BCUT2D eigenvalue weighted by atomic mass is 32.2. The molecule has 1 N–H and O–H groups in total. The van der Waals surface area contributed by atoms with E-state index in [0.29, 0.717) is 0 Å². The first-order valence-electron chi connectivity index (χ1n) is 5.54. The molecule has 0 unspecified atom stereocenters. The van der Waals surface area contributed by atoms with E-state index in [0.717, 1.165) is 12.1 Å². The molecule has 0 saturated carbocycles. The van der Waals surface area contributed by atoms with Crippen LogP contribution in [0.5, 0.6) is 0 Å². The van der Waals surface area contributed by atoms with E-state index in [4.69, 9.17) is 0 Å². The molecule has 18 heavy (non-hydrogen) atoms. The SMILES string of the molecule is CC(=O)c1ccc(F)c(S(=O)(=O)NCC(C)C)c1. The molecular weight excluding hydrogens is 257 g/mol. The molecule has 0 aliphatic carbocycles. The Hall–Kier alpha value is -1.27. The van der Waals surface area contributed by atoms with Crippen LogP contribution in [-0.4, -0.2) is 20.7 Å². The van der Waals surface area contributed by atoms with Crippen molar-refractivity contribution in [2.45, 2.75) is 25.7 Å². The molecule has 0 heterocycles. The van der Waals surface area contributed by atoms with Gasteiger partial charge in [0.2, 0.25) is 10.0 Å². The van der Waals surface area contributed by atoms with Crippen LogP contribution in [0.2, 0.25) is 0 Å². The molecule has 1 aromatic carbocycles. The molecule has 100 valence electrons. The zero-order valence-corrected chi connectivity index (χ0v) is 11.3. The minimum absolute atomic E-state index is 0.110. The molecule has 1 aromatic rings. The number of hydrogen-bond donors (Lipinski definition) is 1. The van der Waals surface area contributed by atoms with E-state index in [1.807, 2.05) is 13.8 Å². The number of sulfonamides is 1. The van der Waals surface area contributed by atoms with E-state index in [1.54, 1.807) is 0 Å². The molecule has 0 bridgehead atoms. The van der Waals surface area contributed by atoms with Gasteiger partial charge in [-0.3, -0.25) is 4.79 Å². The monoisotopic (exact) mass is 273 g/mol. The highest BCUT2D eigenvalue weighted by molar-refractivity contribution is 7.89. The molecule has 6 heteroatoms. The van der Waals surface area contributed by atoms with E-state index in [2.05, 4.69) is 4.72 Å². The predicted molar refractivity (Wildman–Crippen MR) is 66.4 cm³/mol. The molecule has 0 fully saturated rings. The number of halogens is 1. The number of Topliss-reactive ketones (excluding diaryl/α,β-unsaturated/α-hetero) is 1. The largest absolute Gasteiger partial charge is 0.295 e. The minimum Gasteiger partial charge on any atom is -0.295 e. The average molecular weight is 273 g/mol. The van der Waals surface area contributed by atoms with Crippen molar-refractivity contribution in [2.75, 3.05) is 6.54 Å². The maximum atomic E-state index is 13.5. The topological polar surface area (TPSA) is 63.2 Å². The van der Waals surface area contributed by atoms with Gasteiger partial charge in [0.05, 0.1) is 0 Å². The summed E-state index contributed by atoms with van der Waals surface area (Å²) in [5.41, 5.74) is 0.168. The van der Waals surface area contributed by atoms with Crippen LogP contribution in [0.15, 0.2) is 23.1 Å². The summed E-state index contributed by atoms with van der Waals surface area (Å²) >= 11 is 0. The quantitative estimate of drug-likeness (QED) is 0.834. The molecule has 0 atom stereocenters. The lowest BCUT2D eigenvalue weighted by molar-refractivity contribution is 0.101. The number of rotatable bonds is 5. The standard InChI is InChI=1S/C12H16FNO3S/c1-8(2)7-14-18(16,17)12-6-10(9(3)15)4-5-11(12)13/h4-6,8,14H,7H2,1-3H3. The van der Waals surface area contributed by atoms with Gasteiger partial charge in [0, 0.05) is 12.1 Å². The fraction of sp³-hybridized carbons (Fsp3) is 0.417. The van der Waals surface area contributed by atoms with Gasteiger partial charge in [-0.05, 0) is 31.0 Å². The van der Waals surface area contributed by atoms with Gasteiger partial charge in [0.1, 0.15) is 10.7 Å². The minimum atomic E-state index is -3.92. The molecule has 0 aromatic heterocycles. The molecule has 0 radical (unpaired) electrons. The molecule has 0 aliphatic heterocycles. The number of carbonyl (C=O) groups is 1. The lowest BCUT2D eigenvalue weighted by Gasteiger charge is -2.10. The molecule has 0 saturated heterocycles. The van der Waals surface area contributed by atoms with Crippen molar-refractivity contribution in [3.63, 3.8) is 0 Å². The first-order valence-corrected chi connectivity index (χ1v) is 7.02. The van der Waals surface area contributed by atoms with Crippen molar-refractivity contribution >= 4 is 15.8 Å². The van der Waals surface area contributed by atoms with E-state index in [1.165, 1.54) is 13.0 Å². The van der Waals surface area contributed by atoms with Crippen LogP contribution in [0.4, 0.5) is 4.39 Å². The van der Waals surface area contributed by atoms with Crippen molar-refractivity contribution in [3.05, 3.63) is 29.6 Å². The van der Waals surface area contributed by atoms with Crippen LogP contribution in [0, 0.1) is 11.7 Å². The van der Waals surface area contributed by atoms with Crippen molar-refractivity contribution < 1.29 is 17.6 Å². The fourth-order valence-corrected chi connectivity index (χ4v) is 2.60. The summed E-state index contributed by atoms with van der Waals surface area (Å²) in [6.45, 7) is 5.19. The Morgan fingerprint density at radius 2 is 2.00 bits per heavy atom. The Morgan fingerprint density at radius 3 is 2.50 bits per heavy atom. The highest BCUT2D eigenvalue weighted by Crippen LogP contribution is 2.17. The van der Waals surface area contributed by atoms with Crippen LogP contribution in [0.1, 0.15) is 31.1 Å². The van der Waals surface area contributed by atoms with Gasteiger partial charge in [-0.15, -0.1) is 0 Å². The van der Waals surface area contributed by atoms with Crippen LogP contribution in [0.3, 0.4) is 0 Å². The van der Waals surface area contributed by atoms with Gasteiger partial charge < -0.3 is 0 Å². The summed E-state index contributed by atoms with van der Waals surface area (Å²) < 4.78 is 39.6. The van der Waals surface area contributed by atoms with Crippen molar-refractivity contribution in [1.82, 2.24) is 4.72 Å². The smallest absolute Gasteiger partial charge is 0.243 e. The van der Waals surface area contributed by atoms with E-state index in [-0.39, 0.29) is 23.8 Å². The Kier molecular flexibility index (Phi) is 4.59. The van der Waals surface area contributed by atoms with Gasteiger partial charge in [0.15, 0.2) is 5.78 Å². The first kappa shape index (κ1) is 14.8. The van der Waals surface area contributed by atoms with Crippen molar-refractivity contribution in [1.29, 1.82) is 0 Å². The van der Waals surface area contributed by atoms with Gasteiger partial charge in [-0.2, -0.15) is 0 Å². The number of benzene rings is 1. The maximum Gasteiger partial charge on any atom is 0.243 e. The summed E-state index contributed by atoms with van der Waals surface area (Å²) in [6.07, 6.45) is 0. The normalized spacial score (nSPS) is 11.8. The summed E-state index contributed by atoms with van der Waals surface area (Å²) in [7, 11) is -3.92. The van der Waals surface area contributed by atoms with E-state index in [9.17, 15) is 17.6 Å². The molecule has 1 rings (SSSR count). The summed E-state index contributed by atoms with van der Waals surface area (Å²) in [5.74, 6) is -1.06. The Balaban J connectivity index is 3.15. The van der Waals surface area contributed by atoms with Crippen LogP contribution < -0.4 is 4.72 Å². The molecule has 4 nitrogen and oxygen atoms in total. The lowest BCUT2D eigenvalue weighted by atomic mass is 10.1. The number of carbonyl (C=O) groups excluding carboxylic acids is 1. The first-order chi connectivity index (χ1) is 8.24. The average Bonchev–Trinajstić information content (AvgIpc) is 2.26. The summed E-state index contributed by atoms with van der Waals surface area (Å²) in [6, 6.07) is 3.31. The summed E-state index contributed by atoms with van der Waals surface area (Å²) in [5, 5.41) is 0. The van der Waals surface area contributed by atoms with Gasteiger partial charge in [-0.25, -0.2) is 17.5 Å². The Morgan fingerprint density at radius 1 is 1.39 bits per heavy atom. The molecule has 0 amide bonds. The Labute approximate surface area is 106 Å². The van der Waals surface area contributed by atoms with E-state index < -0.39 is 20.7 Å². The highest BCUT2D eigenvalue weighted by Gasteiger charge is 2.20. The van der Waals surface area contributed by atoms with E-state index >= 15 is 0 Å². The lowest BCUT2D eigenvalue weighted by Crippen LogP contribution is -2.28. The van der Waals surface area contributed by atoms with Gasteiger partial charge >= 0.3 is 0 Å². The second kappa shape index (κ2) is 5.58. The number of ketones is 1. The molecule has 0 aliphatic rings. The summed E-state index contributed by atoms with van der Waals surface area (Å²) in [4.78, 5) is 10.7. The third-order valence-corrected chi connectivity index (χ3v) is 3.75. The zero-order valence-electron chi connectivity index (χ0n) is 10.5.